The molecule has 2 atom stereocenters. The predicted molar refractivity (Wildman–Crippen MR) is 127 cm³/mol. The van der Waals surface area contributed by atoms with Crippen LogP contribution in [0, 0.1) is 5.92 Å². The van der Waals surface area contributed by atoms with Gasteiger partial charge in [-0.25, -0.2) is 0 Å². The van der Waals surface area contributed by atoms with Crippen LogP contribution >= 0.6 is 0 Å². The molecule has 6 heteroatoms. The maximum Gasteiger partial charge on any atom is 0.224 e. The highest BCUT2D eigenvalue weighted by Gasteiger charge is 2.34. The van der Waals surface area contributed by atoms with Gasteiger partial charge in [0.25, 0.3) is 0 Å². The van der Waals surface area contributed by atoms with Crippen molar-refractivity contribution in [1.29, 1.82) is 0 Å². The molecule has 2 heterocycles. The minimum Gasteiger partial charge on any atom is -0.497 e. The molecule has 2 fully saturated rings. The van der Waals surface area contributed by atoms with Crippen molar-refractivity contribution in [3.63, 3.8) is 0 Å². The number of benzene rings is 2. The Bertz CT molecular complexity index is 837. The highest BCUT2D eigenvalue weighted by molar-refractivity contribution is 5.90. The second kappa shape index (κ2) is 11.5. The van der Waals surface area contributed by atoms with E-state index in [-0.39, 0.29) is 5.91 Å². The van der Waals surface area contributed by atoms with Crippen LogP contribution in [0.5, 0.6) is 5.75 Å². The van der Waals surface area contributed by atoms with E-state index in [1.54, 1.807) is 7.11 Å². The normalized spacial score (nSPS) is 22.4. The van der Waals surface area contributed by atoms with Gasteiger partial charge >= 0.3 is 0 Å². The van der Waals surface area contributed by atoms with Crippen molar-refractivity contribution in [2.45, 2.75) is 31.8 Å². The van der Waals surface area contributed by atoms with Crippen molar-refractivity contribution in [1.82, 2.24) is 9.80 Å². The average Bonchev–Trinajstić information content (AvgIpc) is 2.84. The number of carbonyl (C=O) groups excluding carboxylic acids is 1. The first-order valence-electron chi connectivity index (χ1n) is 11.7. The summed E-state index contributed by atoms with van der Waals surface area (Å²) < 4.78 is 10.8. The van der Waals surface area contributed by atoms with Gasteiger partial charge in [0.2, 0.25) is 5.91 Å². The van der Waals surface area contributed by atoms with Crippen LogP contribution in [0.15, 0.2) is 54.6 Å². The van der Waals surface area contributed by atoms with E-state index in [0.29, 0.717) is 18.4 Å². The Morgan fingerprint density at radius 2 is 1.81 bits per heavy atom. The molecule has 172 valence electrons. The van der Waals surface area contributed by atoms with E-state index in [0.717, 1.165) is 70.2 Å². The topological polar surface area (TPSA) is 54.0 Å². The molecule has 0 aliphatic carbocycles. The number of piperidine rings is 1. The van der Waals surface area contributed by atoms with Gasteiger partial charge in [-0.3, -0.25) is 14.6 Å². The Labute approximate surface area is 191 Å². The molecule has 0 saturated carbocycles. The first kappa shape index (κ1) is 22.8. The molecule has 0 radical (unpaired) electrons. The van der Waals surface area contributed by atoms with Crippen molar-refractivity contribution < 1.29 is 14.3 Å². The van der Waals surface area contributed by atoms with Gasteiger partial charge in [0, 0.05) is 44.3 Å². The maximum atomic E-state index is 12.7. The summed E-state index contributed by atoms with van der Waals surface area (Å²) in [4.78, 5) is 17.8. The summed E-state index contributed by atoms with van der Waals surface area (Å²) in [6.07, 6.45) is 2.59. The van der Waals surface area contributed by atoms with Gasteiger partial charge in [-0.15, -0.1) is 0 Å². The number of nitrogens with zero attached hydrogens (tertiary/aromatic N) is 2. The average molecular weight is 438 g/mol. The monoisotopic (exact) mass is 437 g/mol. The largest absolute Gasteiger partial charge is 0.497 e. The molecule has 0 aromatic heterocycles. The number of nitrogens with one attached hydrogen (secondary N) is 1. The summed E-state index contributed by atoms with van der Waals surface area (Å²) in [5.74, 6) is 1.35. The van der Waals surface area contributed by atoms with Gasteiger partial charge in [-0.1, -0.05) is 30.3 Å². The summed E-state index contributed by atoms with van der Waals surface area (Å²) in [5.41, 5.74) is 2.17. The number of morpholine rings is 1. The second-order valence-electron chi connectivity index (χ2n) is 8.80. The molecular weight excluding hydrogens is 402 g/mol. The van der Waals surface area contributed by atoms with Crippen LogP contribution in [0.4, 0.5) is 5.69 Å². The van der Waals surface area contributed by atoms with Crippen LogP contribution < -0.4 is 10.1 Å². The number of likely N-dealkylation sites (tertiary alicyclic amines) is 1. The molecule has 2 aliphatic rings. The number of carbonyl (C=O) groups is 1. The van der Waals surface area contributed by atoms with Crippen LogP contribution in [0.1, 0.15) is 24.8 Å². The fourth-order valence-electron chi connectivity index (χ4n) is 4.97. The Morgan fingerprint density at radius 1 is 1.06 bits per heavy atom. The van der Waals surface area contributed by atoms with Crippen LogP contribution in [-0.4, -0.2) is 68.3 Å². The van der Waals surface area contributed by atoms with E-state index in [1.807, 2.05) is 24.3 Å². The molecule has 1 N–H and O–H groups in total. The zero-order valence-corrected chi connectivity index (χ0v) is 19.0. The summed E-state index contributed by atoms with van der Waals surface area (Å²) in [6.45, 7) is 6.74. The number of methoxy groups -OCH3 is 1. The van der Waals surface area contributed by atoms with Crippen molar-refractivity contribution in [2.24, 2.45) is 5.92 Å². The molecule has 2 saturated heterocycles. The molecule has 2 aromatic rings. The van der Waals surface area contributed by atoms with Crippen LogP contribution in [0.2, 0.25) is 0 Å². The fraction of sp³-hybridized carbons (Fsp3) is 0.500. The lowest BCUT2D eigenvalue weighted by Crippen LogP contribution is -2.53. The van der Waals surface area contributed by atoms with E-state index >= 15 is 0 Å². The fourth-order valence-corrected chi connectivity index (χ4v) is 4.97. The molecule has 2 aliphatic heterocycles. The number of hydrogen-bond acceptors (Lipinski definition) is 5. The number of amides is 1. The summed E-state index contributed by atoms with van der Waals surface area (Å²) in [7, 11) is 1.64. The number of ether oxygens (including phenoxy) is 2. The standard InChI is InChI=1S/C26H35N3O3/c1-31-24-10-8-23(9-11-24)27-26(30)12-7-22-20-28(19-21-5-3-2-4-6-21)14-13-25(22)29-15-17-32-18-16-29/h2-6,8-11,22,25H,7,12-20H2,1H3,(H,27,30)/t22-,25+/m1/s1. The summed E-state index contributed by atoms with van der Waals surface area (Å²) in [5, 5.41) is 3.04. The smallest absolute Gasteiger partial charge is 0.224 e. The Kier molecular flexibility index (Phi) is 8.15. The van der Waals surface area contributed by atoms with E-state index in [2.05, 4.69) is 45.4 Å². The Morgan fingerprint density at radius 3 is 2.53 bits per heavy atom. The predicted octanol–water partition coefficient (Wildman–Crippen LogP) is 3.64. The summed E-state index contributed by atoms with van der Waals surface area (Å²) in [6, 6.07) is 18.7. The first-order valence-corrected chi connectivity index (χ1v) is 11.7. The van der Waals surface area contributed by atoms with Gasteiger partial charge < -0.3 is 14.8 Å². The SMILES string of the molecule is COc1ccc(NC(=O)CC[C@@H]2CN(Cc3ccccc3)CC[C@@H]2N2CCOCC2)cc1. The van der Waals surface area contributed by atoms with Crippen molar-refractivity contribution >= 4 is 11.6 Å². The lowest BCUT2D eigenvalue weighted by Gasteiger charge is -2.45. The molecule has 6 nitrogen and oxygen atoms in total. The maximum absolute atomic E-state index is 12.7. The zero-order valence-electron chi connectivity index (χ0n) is 19.0. The van der Waals surface area contributed by atoms with Crippen LogP contribution in [-0.2, 0) is 16.1 Å². The number of anilines is 1. The van der Waals surface area contributed by atoms with Gasteiger partial charge in [-0.05, 0) is 55.1 Å². The van der Waals surface area contributed by atoms with Gasteiger partial charge in [-0.2, -0.15) is 0 Å². The minimum atomic E-state index is 0.0797. The molecule has 4 rings (SSSR count). The van der Waals surface area contributed by atoms with Gasteiger partial charge in [0.1, 0.15) is 5.75 Å². The highest BCUT2D eigenvalue weighted by atomic mass is 16.5. The van der Waals surface area contributed by atoms with Crippen molar-refractivity contribution in [2.75, 3.05) is 51.8 Å². The molecule has 2 aromatic carbocycles. The number of hydrogen-bond donors (Lipinski definition) is 1. The quantitative estimate of drug-likeness (QED) is 0.683. The lowest BCUT2D eigenvalue weighted by atomic mass is 9.86. The van der Waals surface area contributed by atoms with E-state index in [1.165, 1.54) is 5.56 Å². The lowest BCUT2D eigenvalue weighted by molar-refractivity contribution is -0.116. The first-order chi connectivity index (χ1) is 15.7. The third kappa shape index (κ3) is 6.31. The molecule has 0 unspecified atom stereocenters. The van der Waals surface area contributed by atoms with E-state index < -0.39 is 0 Å². The van der Waals surface area contributed by atoms with Gasteiger partial charge in [0.05, 0.1) is 20.3 Å². The van der Waals surface area contributed by atoms with Crippen LogP contribution in [0.3, 0.4) is 0 Å². The minimum absolute atomic E-state index is 0.0797. The molecule has 32 heavy (non-hydrogen) atoms. The van der Waals surface area contributed by atoms with Crippen molar-refractivity contribution in [3.8, 4) is 5.75 Å². The Hall–Kier alpha value is -2.41. The second-order valence-corrected chi connectivity index (χ2v) is 8.80. The Balaban J connectivity index is 1.35. The van der Waals surface area contributed by atoms with E-state index in [4.69, 9.17) is 9.47 Å². The molecular formula is C26H35N3O3. The van der Waals surface area contributed by atoms with E-state index in [9.17, 15) is 4.79 Å². The van der Waals surface area contributed by atoms with Crippen molar-refractivity contribution in [3.05, 3.63) is 60.2 Å². The number of rotatable bonds is 8. The third-order valence-corrected chi connectivity index (χ3v) is 6.66. The molecule has 1 amide bonds. The van der Waals surface area contributed by atoms with Crippen LogP contribution in [0.25, 0.3) is 0 Å². The highest BCUT2D eigenvalue weighted by Crippen LogP contribution is 2.28. The summed E-state index contributed by atoms with van der Waals surface area (Å²) >= 11 is 0. The molecule has 0 bridgehead atoms. The van der Waals surface area contributed by atoms with Gasteiger partial charge in [0.15, 0.2) is 0 Å². The molecule has 0 spiro atoms. The third-order valence-electron chi connectivity index (χ3n) is 6.66. The zero-order chi connectivity index (χ0) is 22.2.